The molecule has 0 bridgehead atoms. The van der Waals surface area contributed by atoms with E-state index in [2.05, 4.69) is 12.2 Å². The number of nitrogens with one attached hydrogen (secondary N) is 1. The van der Waals surface area contributed by atoms with E-state index in [4.69, 9.17) is 9.47 Å². The molecule has 0 aromatic heterocycles. The Morgan fingerprint density at radius 2 is 1.81 bits per heavy atom. The Balaban J connectivity index is 1.62. The minimum atomic E-state index is -0.553. The molecule has 0 atom stereocenters. The van der Waals surface area contributed by atoms with E-state index in [1.165, 1.54) is 25.1 Å². The number of benzene rings is 2. The van der Waals surface area contributed by atoms with Gasteiger partial charge in [-0.3, -0.25) is 19.7 Å². The number of rotatable bonds is 5. The molecular formula is C22H23N3O6. The van der Waals surface area contributed by atoms with Gasteiger partial charge in [-0.2, -0.15) is 0 Å². The van der Waals surface area contributed by atoms with Gasteiger partial charge in [-0.05, 0) is 43.9 Å². The van der Waals surface area contributed by atoms with E-state index in [-0.39, 0.29) is 35.1 Å². The van der Waals surface area contributed by atoms with Crippen molar-refractivity contribution < 1.29 is 24.0 Å². The molecule has 2 aromatic carbocycles. The number of nitro groups is 1. The maximum Gasteiger partial charge on any atom is 0.293 e. The molecule has 2 aliphatic rings. The van der Waals surface area contributed by atoms with Gasteiger partial charge in [0.1, 0.15) is 5.69 Å². The molecule has 1 saturated heterocycles. The van der Waals surface area contributed by atoms with Crippen LogP contribution in [0.2, 0.25) is 0 Å². The molecule has 2 aromatic rings. The Hall–Kier alpha value is -3.62. The summed E-state index contributed by atoms with van der Waals surface area (Å²) in [5.74, 6) is 0.634. The van der Waals surface area contributed by atoms with Crippen LogP contribution in [-0.4, -0.2) is 36.5 Å². The van der Waals surface area contributed by atoms with E-state index < -0.39 is 10.8 Å². The van der Waals surface area contributed by atoms with Crippen molar-refractivity contribution in [2.24, 2.45) is 5.92 Å². The van der Waals surface area contributed by atoms with Crippen molar-refractivity contribution in [1.82, 2.24) is 0 Å². The maximum absolute atomic E-state index is 12.9. The fourth-order valence-electron chi connectivity index (χ4n) is 3.86. The molecule has 9 heteroatoms. The lowest BCUT2D eigenvalue weighted by Crippen LogP contribution is -2.33. The van der Waals surface area contributed by atoms with Crippen molar-refractivity contribution in [3.8, 4) is 11.5 Å². The van der Waals surface area contributed by atoms with E-state index >= 15 is 0 Å². The highest BCUT2D eigenvalue weighted by Gasteiger charge is 2.26. The van der Waals surface area contributed by atoms with Crippen LogP contribution in [0.1, 0.15) is 47.4 Å². The van der Waals surface area contributed by atoms with Gasteiger partial charge in [0.25, 0.3) is 11.6 Å². The summed E-state index contributed by atoms with van der Waals surface area (Å²) in [5, 5.41) is 14.4. The summed E-state index contributed by atoms with van der Waals surface area (Å²) in [5.41, 5.74) is 1.07. The van der Waals surface area contributed by atoms with E-state index in [0.29, 0.717) is 23.1 Å². The van der Waals surface area contributed by atoms with Gasteiger partial charge in [0.2, 0.25) is 6.79 Å². The highest BCUT2D eigenvalue weighted by atomic mass is 16.7. The summed E-state index contributed by atoms with van der Waals surface area (Å²) < 4.78 is 10.6. The number of carbonyl (C=O) groups is 2. The predicted octanol–water partition coefficient (Wildman–Crippen LogP) is 4.01. The molecule has 0 unspecified atom stereocenters. The molecule has 2 aliphatic heterocycles. The largest absolute Gasteiger partial charge is 0.454 e. The number of amides is 1. The molecule has 9 nitrogen and oxygen atoms in total. The van der Waals surface area contributed by atoms with Gasteiger partial charge in [0.05, 0.1) is 10.6 Å². The molecule has 162 valence electrons. The first-order valence-electron chi connectivity index (χ1n) is 10.1. The van der Waals surface area contributed by atoms with E-state index in [1.54, 1.807) is 12.1 Å². The molecule has 0 aliphatic carbocycles. The van der Waals surface area contributed by atoms with Crippen LogP contribution in [0.5, 0.6) is 11.5 Å². The van der Waals surface area contributed by atoms with Gasteiger partial charge in [-0.25, -0.2) is 0 Å². The van der Waals surface area contributed by atoms with E-state index in [0.717, 1.165) is 25.9 Å². The zero-order chi connectivity index (χ0) is 22.1. The van der Waals surface area contributed by atoms with E-state index in [1.807, 2.05) is 4.90 Å². The highest BCUT2D eigenvalue weighted by Crippen LogP contribution is 2.38. The summed E-state index contributed by atoms with van der Waals surface area (Å²) in [4.78, 5) is 38.1. The van der Waals surface area contributed by atoms with Crippen LogP contribution in [-0.2, 0) is 0 Å². The first kappa shape index (κ1) is 20.6. The Kier molecular flexibility index (Phi) is 5.50. The van der Waals surface area contributed by atoms with Crippen LogP contribution < -0.4 is 19.7 Å². The SMILES string of the molecule is CC(=O)c1cc2c(cc1NC(=O)c1ccc(N3CCC(C)CC3)c([N+](=O)[O-])c1)OCO2. The normalized spacial score (nSPS) is 15.6. The van der Waals surface area contributed by atoms with Crippen LogP contribution in [0.4, 0.5) is 17.1 Å². The third kappa shape index (κ3) is 4.16. The Labute approximate surface area is 179 Å². The number of piperidine rings is 1. The zero-order valence-corrected chi connectivity index (χ0v) is 17.3. The second kappa shape index (κ2) is 8.25. The molecule has 1 amide bonds. The molecular weight excluding hydrogens is 402 g/mol. The van der Waals surface area contributed by atoms with Crippen LogP contribution in [0.3, 0.4) is 0 Å². The molecule has 2 heterocycles. The van der Waals surface area contributed by atoms with Crippen molar-refractivity contribution in [2.75, 3.05) is 30.1 Å². The van der Waals surface area contributed by atoms with Crippen LogP contribution in [0, 0.1) is 16.0 Å². The fourth-order valence-corrected chi connectivity index (χ4v) is 3.86. The molecule has 1 fully saturated rings. The number of anilines is 2. The van der Waals surface area contributed by atoms with Crippen LogP contribution >= 0.6 is 0 Å². The summed E-state index contributed by atoms with van der Waals surface area (Å²) in [6, 6.07) is 7.51. The first-order valence-corrected chi connectivity index (χ1v) is 10.1. The number of nitro benzene ring substituents is 1. The monoisotopic (exact) mass is 425 g/mol. The zero-order valence-electron chi connectivity index (χ0n) is 17.3. The van der Waals surface area contributed by atoms with Gasteiger partial charge in [0, 0.05) is 36.3 Å². The summed E-state index contributed by atoms with van der Waals surface area (Å²) in [7, 11) is 0. The van der Waals surface area contributed by atoms with E-state index in [9.17, 15) is 19.7 Å². The van der Waals surface area contributed by atoms with Crippen molar-refractivity contribution in [1.29, 1.82) is 0 Å². The molecule has 31 heavy (non-hydrogen) atoms. The second-order valence-corrected chi connectivity index (χ2v) is 7.89. The van der Waals surface area contributed by atoms with Crippen molar-refractivity contribution in [2.45, 2.75) is 26.7 Å². The Morgan fingerprint density at radius 1 is 1.13 bits per heavy atom. The fraction of sp³-hybridized carbons (Fsp3) is 0.364. The lowest BCUT2D eigenvalue weighted by Gasteiger charge is -2.31. The third-order valence-electron chi connectivity index (χ3n) is 5.70. The number of ether oxygens (including phenoxy) is 2. The smallest absolute Gasteiger partial charge is 0.293 e. The average Bonchev–Trinajstić information content (AvgIpc) is 3.20. The molecule has 0 saturated carbocycles. The quantitative estimate of drug-likeness (QED) is 0.438. The predicted molar refractivity (Wildman–Crippen MR) is 114 cm³/mol. The Morgan fingerprint density at radius 3 is 2.45 bits per heavy atom. The van der Waals surface area contributed by atoms with Crippen molar-refractivity contribution in [3.05, 3.63) is 51.6 Å². The third-order valence-corrected chi connectivity index (χ3v) is 5.70. The molecule has 4 rings (SSSR count). The number of fused-ring (bicyclic) bond motifs is 1. The number of hydrogen-bond acceptors (Lipinski definition) is 7. The minimum Gasteiger partial charge on any atom is -0.454 e. The van der Waals surface area contributed by atoms with Crippen LogP contribution in [0.15, 0.2) is 30.3 Å². The molecule has 0 spiro atoms. The van der Waals surface area contributed by atoms with Crippen molar-refractivity contribution >= 4 is 28.8 Å². The molecule has 1 N–H and O–H groups in total. The summed E-state index contributed by atoms with van der Waals surface area (Å²) >= 11 is 0. The van der Waals surface area contributed by atoms with Crippen molar-refractivity contribution in [3.63, 3.8) is 0 Å². The lowest BCUT2D eigenvalue weighted by molar-refractivity contribution is -0.384. The van der Waals surface area contributed by atoms with Gasteiger partial charge >= 0.3 is 0 Å². The number of ketones is 1. The summed E-state index contributed by atoms with van der Waals surface area (Å²) in [6.07, 6.45) is 1.94. The van der Waals surface area contributed by atoms with Gasteiger partial charge in [-0.1, -0.05) is 6.92 Å². The van der Waals surface area contributed by atoms with Gasteiger partial charge in [0.15, 0.2) is 17.3 Å². The number of carbonyl (C=O) groups excluding carboxylic acids is 2. The second-order valence-electron chi connectivity index (χ2n) is 7.89. The number of nitrogens with zero attached hydrogens (tertiary/aromatic N) is 2. The standard InChI is InChI=1S/C22H23N3O6/c1-13-5-7-24(8-6-13)18-4-3-15(9-19(18)25(28)29)22(27)23-17-11-21-20(30-12-31-21)10-16(17)14(2)26/h3-4,9-11,13H,5-8,12H2,1-2H3,(H,23,27). The first-order chi connectivity index (χ1) is 14.8. The Bertz CT molecular complexity index is 1060. The highest BCUT2D eigenvalue weighted by molar-refractivity contribution is 6.10. The topological polar surface area (TPSA) is 111 Å². The number of hydrogen-bond donors (Lipinski definition) is 1. The lowest BCUT2D eigenvalue weighted by atomic mass is 9.98. The van der Waals surface area contributed by atoms with Gasteiger partial charge in [-0.15, -0.1) is 0 Å². The minimum absolute atomic E-state index is 0.0347. The molecule has 0 radical (unpaired) electrons. The van der Waals surface area contributed by atoms with Crippen LogP contribution in [0.25, 0.3) is 0 Å². The average molecular weight is 425 g/mol. The van der Waals surface area contributed by atoms with Gasteiger partial charge < -0.3 is 19.7 Å². The maximum atomic E-state index is 12.9. The number of Topliss-reactive ketones (excluding diaryl/α,β-unsaturated/α-hetero) is 1. The summed E-state index contributed by atoms with van der Waals surface area (Å²) in [6.45, 7) is 5.07.